The molecule has 1 aromatic carbocycles. The fourth-order valence-corrected chi connectivity index (χ4v) is 6.37. The van der Waals surface area contributed by atoms with Gasteiger partial charge in [0.2, 0.25) is 0 Å². The number of nitrogens with one attached hydrogen (secondary N) is 1. The van der Waals surface area contributed by atoms with E-state index in [-0.39, 0.29) is 17.4 Å². The van der Waals surface area contributed by atoms with Crippen molar-refractivity contribution in [1.29, 1.82) is 0 Å². The number of pyridine rings is 1. The number of hydrogen-bond acceptors (Lipinski definition) is 6. The Labute approximate surface area is 242 Å². The van der Waals surface area contributed by atoms with E-state index in [1.54, 1.807) is 18.6 Å². The van der Waals surface area contributed by atoms with Crippen molar-refractivity contribution in [2.75, 3.05) is 19.7 Å². The third-order valence-electron chi connectivity index (χ3n) is 7.40. The molecule has 0 fully saturated rings. The van der Waals surface area contributed by atoms with Gasteiger partial charge in [-0.2, -0.15) is 0 Å². The van der Waals surface area contributed by atoms with Crippen molar-refractivity contribution in [3.05, 3.63) is 76.0 Å². The molecule has 1 N–H and O–H groups in total. The summed E-state index contributed by atoms with van der Waals surface area (Å²) in [6.45, 7) is 8.32. The van der Waals surface area contributed by atoms with Crippen LogP contribution in [0.25, 0.3) is 10.9 Å². The van der Waals surface area contributed by atoms with E-state index in [0.29, 0.717) is 35.5 Å². The Kier molecular flexibility index (Phi) is 11.5. The van der Waals surface area contributed by atoms with Crippen LogP contribution in [-0.2, 0) is 9.53 Å². The van der Waals surface area contributed by atoms with Gasteiger partial charge in [0.05, 0.1) is 12.1 Å². The number of thioether (sulfide) groups is 1. The third-order valence-corrected chi connectivity index (χ3v) is 8.47. The second kappa shape index (κ2) is 15.3. The predicted molar refractivity (Wildman–Crippen MR) is 166 cm³/mol. The van der Waals surface area contributed by atoms with Crippen LogP contribution in [0.5, 0.6) is 5.75 Å². The number of hydrogen-bond donors (Lipinski definition) is 1. The van der Waals surface area contributed by atoms with Crippen molar-refractivity contribution in [1.82, 2.24) is 9.88 Å². The molecule has 0 radical (unpaired) electrons. The summed E-state index contributed by atoms with van der Waals surface area (Å²) in [7, 11) is 0. The van der Waals surface area contributed by atoms with Gasteiger partial charge in [0.1, 0.15) is 5.75 Å². The standard InChI is InChI=1S/C33H44N2O4S/c1-24(2)22-33(37)39-25(3)35-30-23-28(15-13-27(30)14-16-32(35)36)38-20-8-7-19-34-18-6-4-5-10-26-11-9-12-31-29(26)17-21-40-31/h9,11-17,21,23-25,29,31,34H,4-8,10,18-20,22H2,1-3H3. The molecule has 0 saturated carbocycles. The average Bonchev–Trinajstić information content (AvgIpc) is 3.40. The summed E-state index contributed by atoms with van der Waals surface area (Å²) in [5.41, 5.74) is 2.09. The highest BCUT2D eigenvalue weighted by atomic mass is 32.2. The second-order valence-corrected chi connectivity index (χ2v) is 12.2. The maximum Gasteiger partial charge on any atom is 0.307 e. The molecule has 2 aromatic rings. The number of rotatable bonds is 16. The Morgan fingerprint density at radius 1 is 1.02 bits per heavy atom. The van der Waals surface area contributed by atoms with E-state index in [4.69, 9.17) is 9.47 Å². The molecule has 4 rings (SSSR count). The number of carbonyl (C=O) groups excluding carboxylic acids is 1. The van der Waals surface area contributed by atoms with Gasteiger partial charge in [-0.25, -0.2) is 0 Å². The maximum atomic E-state index is 12.7. The Morgan fingerprint density at radius 3 is 2.65 bits per heavy atom. The van der Waals surface area contributed by atoms with Gasteiger partial charge in [-0.3, -0.25) is 14.2 Å². The Morgan fingerprint density at radius 2 is 1.82 bits per heavy atom. The highest BCUT2D eigenvalue weighted by Crippen LogP contribution is 2.39. The summed E-state index contributed by atoms with van der Waals surface area (Å²) in [6.07, 6.45) is 15.8. The molecule has 0 saturated heterocycles. The maximum absolute atomic E-state index is 12.7. The summed E-state index contributed by atoms with van der Waals surface area (Å²) >= 11 is 1.94. The minimum Gasteiger partial charge on any atom is -0.494 e. The van der Waals surface area contributed by atoms with Crippen molar-refractivity contribution >= 4 is 28.6 Å². The molecule has 2 heterocycles. The molecule has 1 aliphatic heterocycles. The summed E-state index contributed by atoms with van der Waals surface area (Å²) in [5.74, 6) is 1.23. The van der Waals surface area contributed by atoms with Crippen LogP contribution in [0.15, 0.2) is 70.4 Å². The first-order chi connectivity index (χ1) is 19.4. The smallest absolute Gasteiger partial charge is 0.307 e. The molecule has 0 amide bonds. The second-order valence-electron chi connectivity index (χ2n) is 11.1. The Hall–Kier alpha value is -2.77. The van der Waals surface area contributed by atoms with E-state index in [0.717, 1.165) is 31.3 Å². The van der Waals surface area contributed by atoms with E-state index in [1.165, 1.54) is 36.3 Å². The molecule has 216 valence electrons. The van der Waals surface area contributed by atoms with E-state index in [1.807, 2.05) is 43.8 Å². The van der Waals surface area contributed by atoms with E-state index in [2.05, 4.69) is 35.0 Å². The molecule has 40 heavy (non-hydrogen) atoms. The highest BCUT2D eigenvalue weighted by molar-refractivity contribution is 8.03. The van der Waals surface area contributed by atoms with Gasteiger partial charge in [0.25, 0.3) is 5.56 Å². The predicted octanol–water partition coefficient (Wildman–Crippen LogP) is 7.16. The van der Waals surface area contributed by atoms with Crippen LogP contribution in [0.4, 0.5) is 0 Å². The molecule has 6 nitrogen and oxygen atoms in total. The van der Waals surface area contributed by atoms with Crippen LogP contribution in [0, 0.1) is 11.8 Å². The van der Waals surface area contributed by atoms with Crippen LogP contribution in [0.1, 0.15) is 71.9 Å². The van der Waals surface area contributed by atoms with Crippen LogP contribution in [0.2, 0.25) is 0 Å². The van der Waals surface area contributed by atoms with Gasteiger partial charge in [-0.05, 0) is 87.0 Å². The van der Waals surface area contributed by atoms with Crippen molar-refractivity contribution in [2.45, 2.75) is 77.2 Å². The molecular formula is C33H44N2O4S. The summed E-state index contributed by atoms with van der Waals surface area (Å²) in [6, 6.07) is 9.03. The first-order valence-corrected chi connectivity index (χ1v) is 15.7. The van der Waals surface area contributed by atoms with Gasteiger partial charge >= 0.3 is 5.97 Å². The largest absolute Gasteiger partial charge is 0.494 e. The fourth-order valence-electron chi connectivity index (χ4n) is 5.31. The topological polar surface area (TPSA) is 69.6 Å². The zero-order valence-electron chi connectivity index (χ0n) is 24.1. The molecule has 0 bridgehead atoms. The average molecular weight is 565 g/mol. The number of aromatic nitrogens is 1. The molecule has 1 aromatic heterocycles. The van der Waals surface area contributed by atoms with Gasteiger partial charge in [0, 0.05) is 29.7 Å². The lowest BCUT2D eigenvalue weighted by Crippen LogP contribution is -2.26. The van der Waals surface area contributed by atoms with E-state index >= 15 is 0 Å². The number of allylic oxidation sites excluding steroid dienone is 4. The number of ether oxygens (including phenoxy) is 2. The third kappa shape index (κ3) is 8.61. The Balaban J connectivity index is 1.13. The van der Waals surface area contributed by atoms with Gasteiger partial charge in [-0.15, -0.1) is 11.8 Å². The molecular weight excluding hydrogens is 520 g/mol. The van der Waals surface area contributed by atoms with Crippen molar-refractivity contribution < 1.29 is 14.3 Å². The molecule has 3 unspecified atom stereocenters. The quantitative estimate of drug-likeness (QED) is 0.172. The first-order valence-electron chi connectivity index (χ1n) is 14.8. The minimum absolute atomic E-state index is 0.198. The lowest BCUT2D eigenvalue weighted by atomic mass is 9.88. The highest BCUT2D eigenvalue weighted by Gasteiger charge is 2.26. The minimum atomic E-state index is -0.693. The number of fused-ring (bicyclic) bond motifs is 2. The summed E-state index contributed by atoms with van der Waals surface area (Å²) in [4.78, 5) is 24.8. The SMILES string of the molecule is CC(C)CC(=O)OC(C)n1c(=O)ccc2ccc(OCCCCNCCCCCC3=CC=CC4SC=CC34)cc21. The van der Waals surface area contributed by atoms with Gasteiger partial charge in [-0.1, -0.05) is 50.1 Å². The van der Waals surface area contributed by atoms with E-state index in [9.17, 15) is 9.59 Å². The number of esters is 1. The molecule has 7 heteroatoms. The fraction of sp³-hybridized carbons (Fsp3) is 0.515. The van der Waals surface area contributed by atoms with Crippen LogP contribution >= 0.6 is 11.8 Å². The van der Waals surface area contributed by atoms with Crippen molar-refractivity contribution in [3.8, 4) is 5.75 Å². The van der Waals surface area contributed by atoms with E-state index < -0.39 is 6.23 Å². The van der Waals surface area contributed by atoms with Crippen LogP contribution in [-0.4, -0.2) is 35.5 Å². The number of carbonyl (C=O) groups is 1. The van der Waals surface area contributed by atoms with Crippen molar-refractivity contribution in [3.63, 3.8) is 0 Å². The number of nitrogens with zero attached hydrogens (tertiary/aromatic N) is 1. The van der Waals surface area contributed by atoms with Crippen molar-refractivity contribution in [2.24, 2.45) is 11.8 Å². The van der Waals surface area contributed by atoms with Crippen LogP contribution in [0.3, 0.4) is 0 Å². The van der Waals surface area contributed by atoms with Gasteiger partial charge in [0.15, 0.2) is 6.23 Å². The summed E-state index contributed by atoms with van der Waals surface area (Å²) in [5, 5.41) is 7.34. The van der Waals surface area contributed by atoms with Crippen LogP contribution < -0.4 is 15.6 Å². The lowest BCUT2D eigenvalue weighted by Gasteiger charge is -2.22. The number of unbranched alkanes of at least 4 members (excludes halogenated alkanes) is 3. The van der Waals surface area contributed by atoms with Gasteiger partial charge < -0.3 is 14.8 Å². The molecule has 3 atom stereocenters. The molecule has 0 spiro atoms. The molecule has 2 aliphatic rings. The monoisotopic (exact) mass is 564 g/mol. The zero-order valence-corrected chi connectivity index (χ0v) is 25.0. The molecule has 1 aliphatic carbocycles. The Bertz CT molecular complexity index is 1280. The zero-order chi connectivity index (χ0) is 28.3. The lowest BCUT2D eigenvalue weighted by molar-refractivity contribution is -0.153. The first kappa shape index (κ1) is 30.2. The normalized spacial score (nSPS) is 18.6. The summed E-state index contributed by atoms with van der Waals surface area (Å²) < 4.78 is 13.1. The number of benzene rings is 1.